The van der Waals surface area contributed by atoms with Gasteiger partial charge in [0, 0.05) is 23.4 Å². The van der Waals surface area contributed by atoms with Crippen LogP contribution in [0.1, 0.15) is 32.0 Å². The van der Waals surface area contributed by atoms with Crippen molar-refractivity contribution in [1.82, 2.24) is 5.32 Å². The Morgan fingerprint density at radius 2 is 1.86 bits per heavy atom. The van der Waals surface area contributed by atoms with Gasteiger partial charge in [-0.2, -0.15) is 0 Å². The fraction of sp³-hybridized carbons (Fsp3) is 0.182. The molecule has 0 fully saturated rings. The summed E-state index contributed by atoms with van der Waals surface area (Å²) in [6, 6.07) is 14.0. The van der Waals surface area contributed by atoms with Crippen molar-refractivity contribution in [3.63, 3.8) is 0 Å². The van der Waals surface area contributed by atoms with Crippen molar-refractivity contribution in [2.24, 2.45) is 0 Å². The summed E-state index contributed by atoms with van der Waals surface area (Å²) in [6.45, 7) is 3.15. The molecule has 1 aliphatic rings. The molecule has 1 aromatic heterocycles. The fourth-order valence-corrected chi connectivity index (χ4v) is 3.04. The van der Waals surface area contributed by atoms with E-state index >= 15 is 0 Å². The summed E-state index contributed by atoms with van der Waals surface area (Å²) in [4.78, 5) is 24.9. The van der Waals surface area contributed by atoms with Crippen molar-refractivity contribution in [2.45, 2.75) is 13.5 Å². The van der Waals surface area contributed by atoms with E-state index in [1.807, 2.05) is 25.1 Å². The zero-order chi connectivity index (χ0) is 20.2. The zero-order valence-electron chi connectivity index (χ0n) is 15.9. The Hall–Kier alpha value is -3.74. The van der Waals surface area contributed by atoms with Crippen LogP contribution in [0.2, 0.25) is 0 Å². The number of furan rings is 1. The molecule has 2 aromatic carbocycles. The summed E-state index contributed by atoms with van der Waals surface area (Å²) in [5, 5.41) is 5.66. The van der Waals surface area contributed by atoms with Crippen LogP contribution in [-0.4, -0.2) is 25.0 Å². The lowest BCUT2D eigenvalue weighted by atomic mass is 10.1. The average molecular weight is 392 g/mol. The van der Waals surface area contributed by atoms with Gasteiger partial charge in [0.1, 0.15) is 13.2 Å². The molecular formula is C22H20N2O5. The van der Waals surface area contributed by atoms with Crippen LogP contribution in [0.5, 0.6) is 11.5 Å². The number of hydrogen-bond acceptors (Lipinski definition) is 5. The molecule has 0 saturated carbocycles. The third kappa shape index (κ3) is 4.08. The summed E-state index contributed by atoms with van der Waals surface area (Å²) < 4.78 is 16.3. The van der Waals surface area contributed by atoms with Crippen LogP contribution in [-0.2, 0) is 6.54 Å². The molecule has 148 valence electrons. The number of ether oxygens (including phenoxy) is 2. The molecule has 2 amide bonds. The Labute approximate surface area is 167 Å². The third-order valence-electron chi connectivity index (χ3n) is 4.58. The average Bonchev–Trinajstić information content (AvgIpc) is 3.28. The molecule has 0 aliphatic carbocycles. The minimum atomic E-state index is -0.372. The third-order valence-corrected chi connectivity index (χ3v) is 4.58. The number of nitrogens with one attached hydrogen (secondary N) is 2. The topological polar surface area (TPSA) is 89.8 Å². The van der Waals surface area contributed by atoms with Crippen molar-refractivity contribution in [2.75, 3.05) is 18.5 Å². The van der Waals surface area contributed by atoms with Gasteiger partial charge in [-0.05, 0) is 42.8 Å². The van der Waals surface area contributed by atoms with E-state index in [-0.39, 0.29) is 17.6 Å². The predicted octanol–water partition coefficient (Wildman–Crippen LogP) is 3.54. The lowest BCUT2D eigenvalue weighted by molar-refractivity contribution is 0.0948. The molecule has 7 nitrogen and oxygen atoms in total. The van der Waals surface area contributed by atoms with Crippen LogP contribution in [0.3, 0.4) is 0 Å². The second-order valence-electron chi connectivity index (χ2n) is 6.59. The normalized spacial score (nSPS) is 12.3. The Bertz CT molecular complexity index is 1040. The predicted molar refractivity (Wildman–Crippen MR) is 106 cm³/mol. The van der Waals surface area contributed by atoms with E-state index in [9.17, 15) is 9.59 Å². The minimum absolute atomic E-state index is 0.204. The second-order valence-corrected chi connectivity index (χ2v) is 6.59. The molecule has 2 heterocycles. The SMILES string of the molecule is Cc1ccc(C(=O)NCc2cccc3c2OCCO3)cc1NC(=O)c1ccco1. The lowest BCUT2D eigenvalue weighted by Gasteiger charge is -2.21. The number of hydrogen-bond donors (Lipinski definition) is 2. The molecule has 0 radical (unpaired) electrons. The van der Waals surface area contributed by atoms with E-state index in [1.54, 1.807) is 30.3 Å². The standard InChI is InChI=1S/C22H20N2O5/c1-14-7-8-15(12-17(14)24-22(26)19-6-3-9-27-19)21(25)23-13-16-4-2-5-18-20(16)29-11-10-28-18/h2-9,12H,10-11,13H2,1H3,(H,23,25)(H,24,26). The molecule has 2 N–H and O–H groups in total. The van der Waals surface area contributed by atoms with Gasteiger partial charge in [0.25, 0.3) is 11.8 Å². The van der Waals surface area contributed by atoms with E-state index < -0.39 is 0 Å². The molecule has 4 rings (SSSR count). The van der Waals surface area contributed by atoms with Crippen LogP contribution >= 0.6 is 0 Å². The zero-order valence-corrected chi connectivity index (χ0v) is 15.9. The number of carbonyl (C=O) groups is 2. The van der Waals surface area contributed by atoms with Gasteiger partial charge in [-0.3, -0.25) is 9.59 Å². The van der Waals surface area contributed by atoms with Gasteiger partial charge in [0.05, 0.1) is 6.26 Å². The van der Waals surface area contributed by atoms with Crippen LogP contribution in [0.4, 0.5) is 5.69 Å². The van der Waals surface area contributed by atoms with Crippen molar-refractivity contribution in [1.29, 1.82) is 0 Å². The van der Waals surface area contributed by atoms with E-state index in [2.05, 4.69) is 10.6 Å². The van der Waals surface area contributed by atoms with Crippen molar-refractivity contribution >= 4 is 17.5 Å². The van der Waals surface area contributed by atoms with Gasteiger partial charge in [0.2, 0.25) is 0 Å². The molecular weight excluding hydrogens is 372 g/mol. The van der Waals surface area contributed by atoms with Gasteiger partial charge in [-0.15, -0.1) is 0 Å². The van der Waals surface area contributed by atoms with Crippen molar-refractivity contribution < 1.29 is 23.5 Å². The van der Waals surface area contributed by atoms with Gasteiger partial charge in [-0.25, -0.2) is 0 Å². The number of carbonyl (C=O) groups excluding carboxylic acids is 2. The number of amides is 2. The van der Waals surface area contributed by atoms with E-state index in [0.29, 0.717) is 42.5 Å². The van der Waals surface area contributed by atoms with Crippen LogP contribution in [0.15, 0.2) is 59.2 Å². The van der Waals surface area contributed by atoms with Gasteiger partial charge < -0.3 is 24.5 Å². The number of para-hydroxylation sites is 1. The highest BCUT2D eigenvalue weighted by atomic mass is 16.6. The maximum absolute atomic E-state index is 12.6. The molecule has 1 aliphatic heterocycles. The van der Waals surface area contributed by atoms with Crippen LogP contribution in [0.25, 0.3) is 0 Å². The molecule has 0 saturated heterocycles. The fourth-order valence-electron chi connectivity index (χ4n) is 3.04. The van der Waals surface area contributed by atoms with Gasteiger partial charge in [0.15, 0.2) is 17.3 Å². The highest BCUT2D eigenvalue weighted by molar-refractivity contribution is 6.03. The monoisotopic (exact) mass is 392 g/mol. The first kappa shape index (κ1) is 18.6. The number of rotatable bonds is 5. The van der Waals surface area contributed by atoms with Gasteiger partial charge in [-0.1, -0.05) is 18.2 Å². The molecule has 0 spiro atoms. The number of benzene rings is 2. The molecule has 0 bridgehead atoms. The smallest absolute Gasteiger partial charge is 0.291 e. The number of anilines is 1. The Kier molecular flexibility index (Phi) is 5.20. The number of aryl methyl sites for hydroxylation is 1. The molecule has 0 unspecified atom stereocenters. The maximum Gasteiger partial charge on any atom is 0.291 e. The summed E-state index contributed by atoms with van der Waals surface area (Å²) >= 11 is 0. The maximum atomic E-state index is 12.6. The Morgan fingerprint density at radius 3 is 2.69 bits per heavy atom. The molecule has 3 aromatic rings. The highest BCUT2D eigenvalue weighted by Gasteiger charge is 2.17. The van der Waals surface area contributed by atoms with E-state index in [1.165, 1.54) is 6.26 Å². The largest absolute Gasteiger partial charge is 0.486 e. The molecule has 29 heavy (non-hydrogen) atoms. The molecule has 7 heteroatoms. The first-order valence-electron chi connectivity index (χ1n) is 9.23. The summed E-state index contributed by atoms with van der Waals surface area (Å²) in [5.74, 6) is 0.919. The summed E-state index contributed by atoms with van der Waals surface area (Å²) in [6.07, 6.45) is 1.43. The van der Waals surface area contributed by atoms with Crippen LogP contribution < -0.4 is 20.1 Å². The highest BCUT2D eigenvalue weighted by Crippen LogP contribution is 2.33. The van der Waals surface area contributed by atoms with Crippen LogP contribution in [0, 0.1) is 6.92 Å². The quantitative estimate of drug-likeness (QED) is 0.693. The number of fused-ring (bicyclic) bond motifs is 1. The van der Waals surface area contributed by atoms with E-state index in [4.69, 9.17) is 13.9 Å². The summed E-state index contributed by atoms with van der Waals surface area (Å²) in [7, 11) is 0. The Balaban J connectivity index is 1.46. The second kappa shape index (κ2) is 8.10. The van der Waals surface area contributed by atoms with Crippen molar-refractivity contribution in [3.05, 3.63) is 77.2 Å². The summed E-state index contributed by atoms with van der Waals surface area (Å²) in [5.41, 5.74) is 2.67. The van der Waals surface area contributed by atoms with E-state index in [0.717, 1.165) is 11.1 Å². The first-order chi connectivity index (χ1) is 14.1. The Morgan fingerprint density at radius 1 is 1.00 bits per heavy atom. The lowest BCUT2D eigenvalue weighted by Crippen LogP contribution is -2.24. The first-order valence-corrected chi connectivity index (χ1v) is 9.23. The van der Waals surface area contributed by atoms with Gasteiger partial charge >= 0.3 is 0 Å². The van der Waals surface area contributed by atoms with Crippen molar-refractivity contribution in [3.8, 4) is 11.5 Å². The minimum Gasteiger partial charge on any atom is -0.486 e. The molecule has 0 atom stereocenters.